The number of halogens is 1. The number of benzene rings is 2. The minimum absolute atomic E-state index is 0.00812. The Kier molecular flexibility index (Phi) is 6.04. The Hall–Kier alpha value is -2.26. The molecule has 2 aromatic rings. The van der Waals surface area contributed by atoms with Crippen LogP contribution in [0.2, 0.25) is 5.02 Å². The molecule has 0 saturated heterocycles. The number of hydrogen-bond donors (Lipinski definition) is 1. The van der Waals surface area contributed by atoms with Crippen LogP contribution in [0.15, 0.2) is 60.7 Å². The van der Waals surface area contributed by atoms with Gasteiger partial charge in [0.15, 0.2) is 0 Å². The van der Waals surface area contributed by atoms with Crippen molar-refractivity contribution in [2.45, 2.75) is 19.3 Å². The number of amides is 1. The molecule has 0 fully saturated rings. The van der Waals surface area contributed by atoms with Crippen molar-refractivity contribution in [3.05, 3.63) is 76.8 Å². The summed E-state index contributed by atoms with van der Waals surface area (Å²) in [6, 6.07) is 14.5. The molecule has 126 valence electrons. The zero-order chi connectivity index (χ0) is 17.7. The zero-order valence-corrected chi connectivity index (χ0v) is 14.8. The van der Waals surface area contributed by atoms with Gasteiger partial charge in [0.1, 0.15) is 5.75 Å². The average Bonchev–Trinajstić information content (AvgIpc) is 2.52. The van der Waals surface area contributed by atoms with E-state index in [0.717, 1.165) is 16.7 Å². The molecule has 0 aliphatic rings. The Balaban J connectivity index is 2.35. The summed E-state index contributed by atoms with van der Waals surface area (Å²) in [5, 5.41) is 10.8. The van der Waals surface area contributed by atoms with Crippen LogP contribution in [0.25, 0.3) is 0 Å². The van der Waals surface area contributed by atoms with Gasteiger partial charge < -0.3 is 10.0 Å². The summed E-state index contributed by atoms with van der Waals surface area (Å²) < 4.78 is 0. The number of carbonyl (C=O) groups is 1. The second kappa shape index (κ2) is 8.02. The molecule has 3 nitrogen and oxygen atoms in total. The number of phenolic OH excluding ortho intramolecular Hbond substituents is 1. The molecule has 0 spiro atoms. The number of hydrogen-bond acceptors (Lipinski definition) is 2. The van der Waals surface area contributed by atoms with E-state index in [2.05, 4.69) is 6.58 Å². The lowest BCUT2D eigenvalue weighted by atomic mass is 9.87. The van der Waals surface area contributed by atoms with Crippen LogP contribution in [-0.4, -0.2) is 29.5 Å². The van der Waals surface area contributed by atoms with Gasteiger partial charge in [-0.2, -0.15) is 0 Å². The number of nitrogens with zero attached hydrogens (tertiary/aromatic N) is 1. The third-order valence-electron chi connectivity index (χ3n) is 3.87. The van der Waals surface area contributed by atoms with Crippen LogP contribution in [0.4, 0.5) is 0 Å². The molecule has 0 unspecified atom stereocenters. The number of rotatable bonds is 6. The monoisotopic (exact) mass is 343 g/mol. The molecule has 0 heterocycles. The van der Waals surface area contributed by atoms with Gasteiger partial charge in [-0.15, -0.1) is 0 Å². The quantitative estimate of drug-likeness (QED) is 0.778. The van der Waals surface area contributed by atoms with E-state index in [4.69, 9.17) is 11.6 Å². The van der Waals surface area contributed by atoms with Crippen LogP contribution < -0.4 is 0 Å². The van der Waals surface area contributed by atoms with Crippen molar-refractivity contribution in [1.82, 2.24) is 4.90 Å². The predicted molar refractivity (Wildman–Crippen MR) is 98.5 cm³/mol. The third kappa shape index (κ3) is 4.62. The van der Waals surface area contributed by atoms with E-state index in [1.807, 2.05) is 37.3 Å². The predicted octanol–water partition coefficient (Wildman–Crippen LogP) is 4.60. The first-order valence-electron chi connectivity index (χ1n) is 7.80. The standard InChI is InChI=1S/C20H22ClNO2/c1-14(2)13-22(3)20(24)12-18(15-7-6-8-16(21)11-15)17-9-4-5-10-19(17)23/h4-11,18,23H,1,12-13H2,2-3H3/t18-/m0/s1. The van der Waals surface area contributed by atoms with Crippen molar-refractivity contribution in [3.8, 4) is 5.75 Å². The first kappa shape index (κ1) is 18.1. The Morgan fingerprint density at radius 1 is 1.25 bits per heavy atom. The van der Waals surface area contributed by atoms with Crippen molar-refractivity contribution in [1.29, 1.82) is 0 Å². The van der Waals surface area contributed by atoms with Crippen LogP contribution >= 0.6 is 11.6 Å². The highest BCUT2D eigenvalue weighted by molar-refractivity contribution is 6.30. The van der Waals surface area contributed by atoms with E-state index >= 15 is 0 Å². The first-order chi connectivity index (χ1) is 11.4. The molecule has 0 saturated carbocycles. The second-order valence-electron chi connectivity index (χ2n) is 6.08. The molecule has 2 rings (SSSR count). The SMILES string of the molecule is C=C(C)CN(C)C(=O)C[C@@H](c1cccc(Cl)c1)c1ccccc1O. The van der Waals surface area contributed by atoms with Gasteiger partial charge in [0.05, 0.1) is 0 Å². The van der Waals surface area contributed by atoms with Gasteiger partial charge >= 0.3 is 0 Å². The van der Waals surface area contributed by atoms with Crippen LogP contribution in [0.5, 0.6) is 5.75 Å². The summed E-state index contributed by atoms with van der Waals surface area (Å²) in [6.07, 6.45) is 0.252. The first-order valence-corrected chi connectivity index (χ1v) is 8.18. The Bertz CT molecular complexity index is 742. The van der Waals surface area contributed by atoms with Gasteiger partial charge in [0, 0.05) is 36.5 Å². The molecule has 1 amide bonds. The molecule has 0 bridgehead atoms. The smallest absolute Gasteiger partial charge is 0.223 e. The fourth-order valence-electron chi connectivity index (χ4n) is 2.74. The molecule has 0 radical (unpaired) electrons. The highest BCUT2D eigenvalue weighted by Gasteiger charge is 2.23. The zero-order valence-electron chi connectivity index (χ0n) is 14.0. The van der Waals surface area contributed by atoms with E-state index in [1.165, 1.54) is 0 Å². The summed E-state index contributed by atoms with van der Waals surface area (Å²) >= 11 is 6.11. The average molecular weight is 344 g/mol. The summed E-state index contributed by atoms with van der Waals surface area (Å²) in [5.41, 5.74) is 2.55. The topological polar surface area (TPSA) is 40.5 Å². The summed E-state index contributed by atoms with van der Waals surface area (Å²) in [4.78, 5) is 14.3. The van der Waals surface area contributed by atoms with Gasteiger partial charge in [-0.3, -0.25) is 4.79 Å². The Morgan fingerprint density at radius 3 is 2.58 bits per heavy atom. The highest BCUT2D eigenvalue weighted by Crippen LogP contribution is 2.35. The van der Waals surface area contributed by atoms with Crippen LogP contribution in [0.3, 0.4) is 0 Å². The Labute approximate surface area is 148 Å². The van der Waals surface area contributed by atoms with Crippen molar-refractivity contribution in [2.75, 3.05) is 13.6 Å². The number of para-hydroxylation sites is 1. The van der Waals surface area contributed by atoms with E-state index in [1.54, 1.807) is 30.1 Å². The summed E-state index contributed by atoms with van der Waals surface area (Å²) in [7, 11) is 1.76. The molecule has 1 N–H and O–H groups in total. The molecule has 0 aliphatic carbocycles. The largest absolute Gasteiger partial charge is 0.508 e. The molecule has 4 heteroatoms. The fourth-order valence-corrected chi connectivity index (χ4v) is 2.94. The van der Waals surface area contributed by atoms with E-state index < -0.39 is 0 Å². The van der Waals surface area contributed by atoms with Crippen LogP contribution in [-0.2, 0) is 4.79 Å². The van der Waals surface area contributed by atoms with Gasteiger partial charge in [0.25, 0.3) is 0 Å². The van der Waals surface area contributed by atoms with Crippen LogP contribution in [0.1, 0.15) is 30.4 Å². The summed E-state index contributed by atoms with van der Waals surface area (Å²) in [5.74, 6) is -0.0889. The van der Waals surface area contributed by atoms with Crippen molar-refractivity contribution in [2.24, 2.45) is 0 Å². The molecule has 24 heavy (non-hydrogen) atoms. The maximum Gasteiger partial charge on any atom is 0.223 e. The lowest BCUT2D eigenvalue weighted by molar-refractivity contribution is -0.129. The number of carbonyl (C=O) groups excluding carboxylic acids is 1. The van der Waals surface area contributed by atoms with E-state index in [9.17, 15) is 9.90 Å². The third-order valence-corrected chi connectivity index (χ3v) is 4.11. The van der Waals surface area contributed by atoms with Gasteiger partial charge in [-0.25, -0.2) is 0 Å². The molecule has 0 aliphatic heterocycles. The molecule has 1 atom stereocenters. The second-order valence-corrected chi connectivity index (χ2v) is 6.51. The van der Waals surface area contributed by atoms with Gasteiger partial charge in [0.2, 0.25) is 5.91 Å². The van der Waals surface area contributed by atoms with Gasteiger partial charge in [-0.1, -0.05) is 54.1 Å². The number of phenols is 1. The minimum atomic E-state index is -0.259. The normalized spacial score (nSPS) is 11.8. The molecular formula is C20H22ClNO2. The molecule has 0 aromatic heterocycles. The fraction of sp³-hybridized carbons (Fsp3) is 0.250. The van der Waals surface area contributed by atoms with Crippen molar-refractivity contribution in [3.63, 3.8) is 0 Å². The maximum atomic E-state index is 12.6. The number of aromatic hydroxyl groups is 1. The maximum absolute atomic E-state index is 12.6. The van der Waals surface area contributed by atoms with Gasteiger partial charge in [-0.05, 0) is 30.7 Å². The summed E-state index contributed by atoms with van der Waals surface area (Å²) in [6.45, 7) is 6.25. The molecule has 2 aromatic carbocycles. The van der Waals surface area contributed by atoms with Crippen LogP contribution in [0, 0.1) is 0 Å². The molecular weight excluding hydrogens is 322 g/mol. The van der Waals surface area contributed by atoms with E-state index in [0.29, 0.717) is 11.6 Å². The highest BCUT2D eigenvalue weighted by atomic mass is 35.5. The van der Waals surface area contributed by atoms with E-state index in [-0.39, 0.29) is 24.0 Å². The van der Waals surface area contributed by atoms with Crippen molar-refractivity contribution >= 4 is 17.5 Å². The number of likely N-dealkylation sites (N-methyl/N-ethyl adjacent to an activating group) is 1. The lowest BCUT2D eigenvalue weighted by Gasteiger charge is -2.23. The minimum Gasteiger partial charge on any atom is -0.508 e. The Morgan fingerprint density at radius 2 is 1.96 bits per heavy atom. The van der Waals surface area contributed by atoms with Crippen molar-refractivity contribution < 1.29 is 9.90 Å². The lowest BCUT2D eigenvalue weighted by Crippen LogP contribution is -2.29.